The number of hydrogen-bond donors (Lipinski definition) is 1. The van der Waals surface area contributed by atoms with Crippen molar-refractivity contribution in [2.45, 2.75) is 51.6 Å². The lowest BCUT2D eigenvalue weighted by atomic mass is 9.91. The van der Waals surface area contributed by atoms with Crippen LogP contribution in [0.5, 0.6) is 0 Å². The standard InChI is InChI=1S/C17H27N3O2/c1-4-8-17(13-22-3)9-6-11-20(17)16(21)19-12-15-14(2)7-5-10-18-15/h5,7,10H,4,6,8-9,11-13H2,1-3H3,(H,19,21). The first kappa shape index (κ1) is 16.7. The molecule has 0 bridgehead atoms. The molecular formula is C17H27N3O2. The molecule has 0 spiro atoms. The second-order valence-corrected chi connectivity index (χ2v) is 6.09. The molecule has 1 fully saturated rings. The highest BCUT2D eigenvalue weighted by Gasteiger charge is 2.42. The van der Waals surface area contributed by atoms with Crippen molar-refractivity contribution in [3.8, 4) is 0 Å². The van der Waals surface area contributed by atoms with Crippen LogP contribution in [0.2, 0.25) is 0 Å². The van der Waals surface area contributed by atoms with Gasteiger partial charge < -0.3 is 15.0 Å². The largest absolute Gasteiger partial charge is 0.382 e. The van der Waals surface area contributed by atoms with Gasteiger partial charge in [-0.25, -0.2) is 4.79 Å². The smallest absolute Gasteiger partial charge is 0.318 e. The van der Waals surface area contributed by atoms with Crippen molar-refractivity contribution in [2.24, 2.45) is 0 Å². The Balaban J connectivity index is 2.02. The first-order valence-electron chi connectivity index (χ1n) is 8.08. The van der Waals surface area contributed by atoms with Crippen LogP contribution in [0.3, 0.4) is 0 Å². The average Bonchev–Trinajstić information content (AvgIpc) is 2.90. The van der Waals surface area contributed by atoms with Gasteiger partial charge in [0.2, 0.25) is 0 Å². The number of aromatic nitrogens is 1. The molecule has 1 aromatic heterocycles. The van der Waals surface area contributed by atoms with Crippen LogP contribution in [0, 0.1) is 6.92 Å². The van der Waals surface area contributed by atoms with E-state index in [9.17, 15) is 4.79 Å². The van der Waals surface area contributed by atoms with Gasteiger partial charge in [0.25, 0.3) is 0 Å². The Kier molecular flexibility index (Phi) is 5.77. The summed E-state index contributed by atoms with van der Waals surface area (Å²) < 4.78 is 5.41. The molecular weight excluding hydrogens is 278 g/mol. The van der Waals surface area contributed by atoms with E-state index in [1.807, 2.05) is 24.0 Å². The quantitative estimate of drug-likeness (QED) is 0.879. The zero-order valence-electron chi connectivity index (χ0n) is 13.9. The van der Waals surface area contributed by atoms with Gasteiger partial charge in [-0.15, -0.1) is 0 Å². The second-order valence-electron chi connectivity index (χ2n) is 6.09. The number of methoxy groups -OCH3 is 1. The second kappa shape index (κ2) is 7.58. The SMILES string of the molecule is CCCC1(COC)CCCN1C(=O)NCc1ncccc1C. The molecule has 5 heteroatoms. The van der Waals surface area contributed by atoms with E-state index >= 15 is 0 Å². The van der Waals surface area contributed by atoms with Crippen molar-refractivity contribution in [3.05, 3.63) is 29.6 Å². The number of pyridine rings is 1. The third kappa shape index (κ3) is 3.58. The Bertz CT molecular complexity index is 498. The van der Waals surface area contributed by atoms with Gasteiger partial charge >= 0.3 is 6.03 Å². The number of carbonyl (C=O) groups is 1. The maximum atomic E-state index is 12.6. The topological polar surface area (TPSA) is 54.5 Å². The van der Waals surface area contributed by atoms with Crippen LogP contribution in [0.15, 0.2) is 18.3 Å². The Hall–Kier alpha value is -1.62. The third-order valence-corrected chi connectivity index (χ3v) is 4.49. The molecule has 1 saturated heterocycles. The highest BCUT2D eigenvalue weighted by Crippen LogP contribution is 2.34. The molecule has 2 heterocycles. The maximum Gasteiger partial charge on any atom is 0.318 e. The van der Waals surface area contributed by atoms with Crippen molar-refractivity contribution in [3.63, 3.8) is 0 Å². The van der Waals surface area contributed by atoms with Crippen molar-refractivity contribution in [1.82, 2.24) is 15.2 Å². The number of urea groups is 1. The molecule has 0 saturated carbocycles. The summed E-state index contributed by atoms with van der Waals surface area (Å²) in [6, 6.07) is 3.91. The molecule has 1 aromatic rings. The molecule has 5 nitrogen and oxygen atoms in total. The first-order valence-corrected chi connectivity index (χ1v) is 8.08. The number of ether oxygens (including phenoxy) is 1. The van der Waals surface area contributed by atoms with Gasteiger partial charge in [-0.2, -0.15) is 0 Å². The fraction of sp³-hybridized carbons (Fsp3) is 0.647. The summed E-state index contributed by atoms with van der Waals surface area (Å²) in [4.78, 5) is 18.9. The summed E-state index contributed by atoms with van der Waals surface area (Å²) in [6.07, 6.45) is 5.85. The predicted molar refractivity (Wildman–Crippen MR) is 86.7 cm³/mol. The summed E-state index contributed by atoms with van der Waals surface area (Å²) in [5, 5.41) is 3.02. The Morgan fingerprint density at radius 2 is 2.36 bits per heavy atom. The number of likely N-dealkylation sites (tertiary alicyclic amines) is 1. The van der Waals surface area contributed by atoms with E-state index in [1.54, 1.807) is 13.3 Å². The third-order valence-electron chi connectivity index (χ3n) is 4.49. The first-order chi connectivity index (χ1) is 10.6. The molecule has 0 radical (unpaired) electrons. The van der Waals surface area contributed by atoms with E-state index in [2.05, 4.69) is 17.2 Å². The van der Waals surface area contributed by atoms with Crippen LogP contribution in [0.25, 0.3) is 0 Å². The van der Waals surface area contributed by atoms with Crippen LogP contribution in [0.1, 0.15) is 43.9 Å². The number of amides is 2. The van der Waals surface area contributed by atoms with Crippen LogP contribution in [0.4, 0.5) is 4.79 Å². The molecule has 1 aliphatic rings. The summed E-state index contributed by atoms with van der Waals surface area (Å²) in [6.45, 7) is 6.05. The fourth-order valence-electron chi connectivity index (χ4n) is 3.43. The highest BCUT2D eigenvalue weighted by molar-refractivity contribution is 5.75. The van der Waals surface area contributed by atoms with E-state index in [0.717, 1.165) is 43.5 Å². The van der Waals surface area contributed by atoms with E-state index < -0.39 is 0 Å². The van der Waals surface area contributed by atoms with Gasteiger partial charge in [0.1, 0.15) is 0 Å². The Morgan fingerprint density at radius 3 is 3.05 bits per heavy atom. The van der Waals surface area contributed by atoms with Crippen molar-refractivity contribution >= 4 is 6.03 Å². The number of nitrogens with zero attached hydrogens (tertiary/aromatic N) is 2. The summed E-state index contributed by atoms with van der Waals surface area (Å²) in [5.74, 6) is 0. The molecule has 0 aromatic carbocycles. The highest BCUT2D eigenvalue weighted by atomic mass is 16.5. The van der Waals surface area contributed by atoms with Crippen molar-refractivity contribution < 1.29 is 9.53 Å². The molecule has 1 unspecified atom stereocenters. The molecule has 1 aliphatic heterocycles. The van der Waals surface area contributed by atoms with Crippen LogP contribution in [-0.4, -0.2) is 41.7 Å². The number of rotatable bonds is 6. The molecule has 122 valence electrons. The monoisotopic (exact) mass is 305 g/mol. The van der Waals surface area contributed by atoms with E-state index in [1.165, 1.54) is 0 Å². The minimum Gasteiger partial charge on any atom is -0.382 e. The predicted octanol–water partition coefficient (Wildman–Crippen LogP) is 2.88. The van der Waals surface area contributed by atoms with Gasteiger partial charge in [0.05, 0.1) is 24.4 Å². The minimum absolute atomic E-state index is 0.00643. The summed E-state index contributed by atoms with van der Waals surface area (Å²) in [7, 11) is 1.71. The van der Waals surface area contributed by atoms with E-state index in [0.29, 0.717) is 13.2 Å². The van der Waals surface area contributed by atoms with Gasteiger partial charge in [0, 0.05) is 19.9 Å². The van der Waals surface area contributed by atoms with Gasteiger partial charge in [-0.1, -0.05) is 19.4 Å². The number of nitrogens with one attached hydrogen (secondary N) is 1. The number of aryl methyl sites for hydroxylation is 1. The number of hydrogen-bond acceptors (Lipinski definition) is 3. The lowest BCUT2D eigenvalue weighted by Crippen LogP contribution is -2.53. The fourth-order valence-corrected chi connectivity index (χ4v) is 3.43. The van der Waals surface area contributed by atoms with Crippen LogP contribution < -0.4 is 5.32 Å². The van der Waals surface area contributed by atoms with Crippen LogP contribution >= 0.6 is 0 Å². The molecule has 2 amide bonds. The van der Waals surface area contributed by atoms with Crippen molar-refractivity contribution in [1.29, 1.82) is 0 Å². The zero-order valence-corrected chi connectivity index (χ0v) is 13.9. The zero-order chi connectivity index (χ0) is 16.0. The Labute approximate surface area is 133 Å². The van der Waals surface area contributed by atoms with Gasteiger partial charge in [-0.05, 0) is 37.8 Å². The normalized spacial score (nSPS) is 21.1. The summed E-state index contributed by atoms with van der Waals surface area (Å²) in [5.41, 5.74) is 1.87. The van der Waals surface area contributed by atoms with E-state index in [-0.39, 0.29) is 11.6 Å². The molecule has 22 heavy (non-hydrogen) atoms. The summed E-state index contributed by atoms with van der Waals surface area (Å²) >= 11 is 0. The maximum absolute atomic E-state index is 12.6. The molecule has 2 rings (SSSR count). The van der Waals surface area contributed by atoms with Gasteiger partial charge in [0.15, 0.2) is 0 Å². The van der Waals surface area contributed by atoms with Crippen molar-refractivity contribution in [2.75, 3.05) is 20.3 Å². The number of carbonyl (C=O) groups excluding carboxylic acids is 1. The average molecular weight is 305 g/mol. The Morgan fingerprint density at radius 1 is 1.55 bits per heavy atom. The molecule has 1 N–H and O–H groups in total. The lowest BCUT2D eigenvalue weighted by molar-refractivity contribution is 0.0500. The molecule has 0 aliphatic carbocycles. The van der Waals surface area contributed by atoms with Crippen LogP contribution in [-0.2, 0) is 11.3 Å². The van der Waals surface area contributed by atoms with E-state index in [4.69, 9.17) is 4.74 Å². The molecule has 1 atom stereocenters. The minimum atomic E-state index is -0.146. The van der Waals surface area contributed by atoms with Gasteiger partial charge in [-0.3, -0.25) is 4.98 Å². The lowest BCUT2D eigenvalue weighted by Gasteiger charge is -2.38.